The zero-order valence-corrected chi connectivity index (χ0v) is 12.3. The fourth-order valence-electron chi connectivity index (χ4n) is 2.00. The van der Waals surface area contributed by atoms with Crippen molar-refractivity contribution in [3.8, 4) is 5.75 Å². The van der Waals surface area contributed by atoms with E-state index in [9.17, 15) is 8.78 Å². The smallest absolute Gasteiger partial charge is 0.128 e. The Kier molecular flexibility index (Phi) is 5.53. The molecular weight excluding hydrogens is 296 g/mol. The van der Waals surface area contributed by atoms with Crippen LogP contribution in [-0.2, 0) is 0 Å². The van der Waals surface area contributed by atoms with Gasteiger partial charge in [0.1, 0.15) is 24.0 Å². The molecule has 0 bridgehead atoms. The first-order chi connectivity index (χ1) is 10.1. The van der Waals surface area contributed by atoms with Crippen molar-refractivity contribution < 1.29 is 13.5 Å². The molecule has 0 heterocycles. The summed E-state index contributed by atoms with van der Waals surface area (Å²) >= 11 is 5.80. The van der Waals surface area contributed by atoms with Crippen LogP contribution in [-0.4, -0.2) is 13.2 Å². The van der Waals surface area contributed by atoms with Crippen LogP contribution >= 0.6 is 11.6 Å². The fourth-order valence-corrected chi connectivity index (χ4v) is 2.12. The molecule has 0 aliphatic carbocycles. The van der Waals surface area contributed by atoms with E-state index in [1.54, 1.807) is 24.3 Å². The molecule has 0 fully saturated rings. The van der Waals surface area contributed by atoms with Gasteiger partial charge in [0.05, 0.1) is 6.04 Å². The third-order valence-corrected chi connectivity index (χ3v) is 3.27. The number of hydrogen-bond donors (Lipinski definition) is 1. The normalized spacial score (nSPS) is 12.2. The maximum Gasteiger partial charge on any atom is 0.128 e. The number of halogens is 3. The van der Waals surface area contributed by atoms with Crippen molar-refractivity contribution in [3.05, 3.63) is 64.7 Å². The molecule has 0 saturated carbocycles. The van der Waals surface area contributed by atoms with E-state index >= 15 is 0 Å². The van der Waals surface area contributed by atoms with Gasteiger partial charge in [-0.1, -0.05) is 18.5 Å². The Bertz CT molecular complexity index is 589. The standard InChI is InChI=1S/C16H16ClF2NO/c1-2-20-16(14-9-12(18)5-8-15(14)19)10-21-13-6-3-11(17)4-7-13/h3-9,16,20H,2,10H2,1H3. The Morgan fingerprint density at radius 1 is 1.14 bits per heavy atom. The lowest BCUT2D eigenvalue weighted by Crippen LogP contribution is -2.27. The molecule has 21 heavy (non-hydrogen) atoms. The van der Waals surface area contributed by atoms with E-state index in [1.165, 1.54) is 6.07 Å². The number of nitrogens with one attached hydrogen (secondary N) is 1. The van der Waals surface area contributed by atoms with Gasteiger partial charge in [-0.2, -0.15) is 0 Å². The van der Waals surface area contributed by atoms with Crippen LogP contribution in [0.2, 0.25) is 5.02 Å². The van der Waals surface area contributed by atoms with Crippen molar-refractivity contribution in [1.82, 2.24) is 5.32 Å². The van der Waals surface area contributed by atoms with Gasteiger partial charge in [0.15, 0.2) is 0 Å². The SMILES string of the molecule is CCNC(COc1ccc(Cl)cc1)c1cc(F)ccc1F. The van der Waals surface area contributed by atoms with Gasteiger partial charge in [-0.15, -0.1) is 0 Å². The lowest BCUT2D eigenvalue weighted by Gasteiger charge is -2.19. The maximum atomic E-state index is 13.8. The van der Waals surface area contributed by atoms with Crippen molar-refractivity contribution in [2.45, 2.75) is 13.0 Å². The van der Waals surface area contributed by atoms with Crippen molar-refractivity contribution >= 4 is 11.6 Å². The molecule has 1 atom stereocenters. The highest BCUT2D eigenvalue weighted by Gasteiger charge is 2.16. The van der Waals surface area contributed by atoms with Gasteiger partial charge in [-0.05, 0) is 49.0 Å². The molecule has 1 N–H and O–H groups in total. The third-order valence-electron chi connectivity index (χ3n) is 3.01. The molecule has 5 heteroatoms. The second-order valence-electron chi connectivity index (χ2n) is 4.54. The second kappa shape index (κ2) is 7.38. The average Bonchev–Trinajstić information content (AvgIpc) is 2.48. The Labute approximate surface area is 127 Å². The molecule has 0 saturated heterocycles. The monoisotopic (exact) mass is 311 g/mol. The van der Waals surface area contributed by atoms with E-state index in [2.05, 4.69) is 5.32 Å². The van der Waals surface area contributed by atoms with Gasteiger partial charge >= 0.3 is 0 Å². The summed E-state index contributed by atoms with van der Waals surface area (Å²) in [5, 5.41) is 3.70. The molecule has 2 aromatic rings. The third kappa shape index (κ3) is 4.41. The van der Waals surface area contributed by atoms with Crippen LogP contribution in [0.3, 0.4) is 0 Å². The van der Waals surface area contributed by atoms with Crippen molar-refractivity contribution in [2.75, 3.05) is 13.2 Å². The van der Waals surface area contributed by atoms with Gasteiger partial charge in [-0.3, -0.25) is 0 Å². The lowest BCUT2D eigenvalue weighted by atomic mass is 10.1. The molecule has 0 amide bonds. The fraction of sp³-hybridized carbons (Fsp3) is 0.250. The van der Waals surface area contributed by atoms with Gasteiger partial charge in [0.2, 0.25) is 0 Å². The number of benzene rings is 2. The molecule has 0 spiro atoms. The van der Waals surface area contributed by atoms with Crippen molar-refractivity contribution in [3.63, 3.8) is 0 Å². The molecule has 1 unspecified atom stereocenters. The van der Waals surface area contributed by atoms with Gasteiger partial charge in [-0.25, -0.2) is 8.78 Å². The van der Waals surface area contributed by atoms with Gasteiger partial charge < -0.3 is 10.1 Å². The predicted octanol–water partition coefficient (Wildman–Crippen LogP) is 4.35. The Balaban J connectivity index is 2.11. The van der Waals surface area contributed by atoms with E-state index < -0.39 is 17.7 Å². The van der Waals surface area contributed by atoms with E-state index in [-0.39, 0.29) is 12.2 Å². The van der Waals surface area contributed by atoms with Crippen molar-refractivity contribution in [2.24, 2.45) is 0 Å². The lowest BCUT2D eigenvalue weighted by molar-refractivity contribution is 0.264. The minimum absolute atomic E-state index is 0.190. The summed E-state index contributed by atoms with van der Waals surface area (Å²) in [5.41, 5.74) is 0.255. The minimum Gasteiger partial charge on any atom is -0.492 e. The van der Waals surface area contributed by atoms with Gasteiger partial charge in [0, 0.05) is 10.6 Å². The van der Waals surface area contributed by atoms with Crippen LogP contribution in [0.1, 0.15) is 18.5 Å². The zero-order valence-electron chi connectivity index (χ0n) is 11.6. The van der Waals surface area contributed by atoms with Crippen LogP contribution in [0.4, 0.5) is 8.78 Å². The highest BCUT2D eigenvalue weighted by Crippen LogP contribution is 2.21. The Hall–Kier alpha value is -1.65. The van der Waals surface area contributed by atoms with E-state index in [4.69, 9.17) is 16.3 Å². The Morgan fingerprint density at radius 3 is 2.52 bits per heavy atom. The van der Waals surface area contributed by atoms with Crippen LogP contribution in [0.15, 0.2) is 42.5 Å². The zero-order chi connectivity index (χ0) is 15.2. The summed E-state index contributed by atoms with van der Waals surface area (Å²) in [7, 11) is 0. The molecule has 0 aliphatic heterocycles. The first kappa shape index (κ1) is 15.7. The largest absolute Gasteiger partial charge is 0.492 e. The molecule has 0 aromatic heterocycles. The molecule has 2 nitrogen and oxygen atoms in total. The number of rotatable bonds is 6. The molecular formula is C16H16ClF2NO. The van der Waals surface area contributed by atoms with Crippen LogP contribution in [0.25, 0.3) is 0 Å². The summed E-state index contributed by atoms with van der Waals surface area (Å²) in [5.74, 6) is -0.304. The average molecular weight is 312 g/mol. The molecule has 0 aliphatic rings. The van der Waals surface area contributed by atoms with Crippen LogP contribution in [0, 0.1) is 11.6 Å². The van der Waals surface area contributed by atoms with Crippen molar-refractivity contribution in [1.29, 1.82) is 0 Å². The molecule has 2 rings (SSSR count). The van der Waals surface area contributed by atoms with E-state index in [1.807, 2.05) is 6.92 Å². The topological polar surface area (TPSA) is 21.3 Å². The first-order valence-corrected chi connectivity index (χ1v) is 7.04. The highest BCUT2D eigenvalue weighted by atomic mass is 35.5. The molecule has 2 aromatic carbocycles. The molecule has 0 radical (unpaired) electrons. The van der Waals surface area contributed by atoms with Gasteiger partial charge in [0.25, 0.3) is 0 Å². The number of ether oxygens (including phenoxy) is 1. The summed E-state index contributed by atoms with van der Waals surface area (Å²) in [6.07, 6.45) is 0. The quantitative estimate of drug-likeness (QED) is 0.856. The maximum absolute atomic E-state index is 13.8. The summed E-state index contributed by atoms with van der Waals surface area (Å²) < 4.78 is 32.8. The molecule has 112 valence electrons. The first-order valence-electron chi connectivity index (χ1n) is 6.67. The second-order valence-corrected chi connectivity index (χ2v) is 4.98. The summed E-state index contributed by atoms with van der Waals surface area (Å²) in [6.45, 7) is 2.70. The Morgan fingerprint density at radius 2 is 1.86 bits per heavy atom. The number of hydrogen-bond acceptors (Lipinski definition) is 2. The van der Waals surface area contributed by atoms with Crippen LogP contribution < -0.4 is 10.1 Å². The minimum atomic E-state index is -0.471. The summed E-state index contributed by atoms with van der Waals surface area (Å²) in [6, 6.07) is 9.86. The number of likely N-dealkylation sites (N-methyl/N-ethyl adjacent to an activating group) is 1. The van der Waals surface area contributed by atoms with E-state index in [0.29, 0.717) is 17.3 Å². The highest BCUT2D eigenvalue weighted by molar-refractivity contribution is 6.30. The van der Waals surface area contributed by atoms with E-state index in [0.717, 1.165) is 12.1 Å². The predicted molar refractivity (Wildman–Crippen MR) is 79.7 cm³/mol. The summed E-state index contributed by atoms with van der Waals surface area (Å²) in [4.78, 5) is 0. The van der Waals surface area contributed by atoms with Crippen LogP contribution in [0.5, 0.6) is 5.75 Å².